The van der Waals surface area contributed by atoms with Crippen LogP contribution in [0.2, 0.25) is 0 Å². The number of phenolic OH excluding ortho intramolecular Hbond substituents is 1. The fourth-order valence-corrected chi connectivity index (χ4v) is 1.67. The number of benzene rings is 2. The number of halogens is 1. The summed E-state index contributed by atoms with van der Waals surface area (Å²) in [5.74, 6) is -0.643. The lowest BCUT2D eigenvalue weighted by molar-refractivity contribution is 0.112. The lowest BCUT2D eigenvalue weighted by Gasteiger charge is -2.06. The summed E-state index contributed by atoms with van der Waals surface area (Å²) in [7, 11) is 0. The number of phenols is 1. The number of hydrogen-bond acceptors (Lipinski definition) is 3. The molecular weight excluding hydrogens is 233 g/mol. The summed E-state index contributed by atoms with van der Waals surface area (Å²) in [5, 5.41) is 18.5. The summed E-state index contributed by atoms with van der Waals surface area (Å²) in [5.41, 5.74) is 1.19. The van der Waals surface area contributed by atoms with Crippen LogP contribution >= 0.6 is 0 Å². The minimum atomic E-state index is -0.569. The molecule has 0 saturated heterocycles. The lowest BCUT2D eigenvalue weighted by Crippen LogP contribution is -1.87. The molecule has 0 heterocycles. The number of rotatable bonds is 2. The predicted octanol–water partition coefficient (Wildman–Crippen LogP) is 2.88. The van der Waals surface area contributed by atoms with E-state index in [2.05, 4.69) is 0 Å². The minimum absolute atomic E-state index is 0.0740. The summed E-state index contributed by atoms with van der Waals surface area (Å²) in [6.45, 7) is 0. The van der Waals surface area contributed by atoms with E-state index in [1.807, 2.05) is 6.07 Å². The number of aromatic hydroxyl groups is 1. The first-order valence-corrected chi connectivity index (χ1v) is 5.13. The molecule has 0 aliphatic heterocycles. The van der Waals surface area contributed by atoms with Crippen LogP contribution < -0.4 is 0 Å². The summed E-state index contributed by atoms with van der Waals surface area (Å²) >= 11 is 0. The van der Waals surface area contributed by atoms with Crippen molar-refractivity contribution in [2.75, 3.05) is 0 Å². The Hall–Kier alpha value is -2.67. The Morgan fingerprint density at radius 2 is 2.00 bits per heavy atom. The Labute approximate surface area is 103 Å². The van der Waals surface area contributed by atoms with Crippen molar-refractivity contribution < 1.29 is 14.3 Å². The molecule has 1 N–H and O–H groups in total. The number of carbonyl (C=O) groups excluding carboxylic acids is 1. The molecule has 4 heteroatoms. The van der Waals surface area contributed by atoms with Crippen LogP contribution in [0.15, 0.2) is 36.4 Å². The average Bonchev–Trinajstić information content (AvgIpc) is 2.38. The molecule has 88 valence electrons. The molecule has 0 radical (unpaired) electrons. The topological polar surface area (TPSA) is 61.1 Å². The van der Waals surface area contributed by atoms with Gasteiger partial charge in [-0.2, -0.15) is 5.26 Å². The Morgan fingerprint density at radius 3 is 2.67 bits per heavy atom. The van der Waals surface area contributed by atoms with E-state index in [4.69, 9.17) is 5.26 Å². The highest BCUT2D eigenvalue weighted by molar-refractivity contribution is 5.81. The molecule has 0 fully saturated rings. The van der Waals surface area contributed by atoms with Gasteiger partial charge in [0.2, 0.25) is 0 Å². The molecule has 0 saturated carbocycles. The average molecular weight is 241 g/mol. The quantitative estimate of drug-likeness (QED) is 0.822. The third kappa shape index (κ3) is 2.20. The third-order valence-electron chi connectivity index (χ3n) is 2.49. The van der Waals surface area contributed by atoms with Crippen LogP contribution in [0.5, 0.6) is 5.75 Å². The Balaban J connectivity index is 2.65. The zero-order chi connectivity index (χ0) is 13.1. The van der Waals surface area contributed by atoms with Crippen LogP contribution in [-0.4, -0.2) is 11.4 Å². The van der Waals surface area contributed by atoms with Crippen molar-refractivity contribution in [2.45, 2.75) is 0 Å². The first-order valence-electron chi connectivity index (χ1n) is 5.13. The van der Waals surface area contributed by atoms with Gasteiger partial charge in [-0.3, -0.25) is 4.79 Å². The van der Waals surface area contributed by atoms with Crippen molar-refractivity contribution in [1.82, 2.24) is 0 Å². The van der Waals surface area contributed by atoms with E-state index >= 15 is 0 Å². The number of carbonyl (C=O) groups is 1. The molecule has 0 unspecified atom stereocenters. The largest absolute Gasteiger partial charge is 0.507 e. The van der Waals surface area contributed by atoms with Crippen LogP contribution in [-0.2, 0) is 0 Å². The SMILES string of the molecule is N#Cc1cc(F)cc(-c2cc(C=O)ccc2O)c1. The number of nitrogens with zero attached hydrogens (tertiary/aromatic N) is 1. The van der Waals surface area contributed by atoms with Crippen molar-refractivity contribution in [1.29, 1.82) is 5.26 Å². The fourth-order valence-electron chi connectivity index (χ4n) is 1.67. The van der Waals surface area contributed by atoms with Gasteiger partial charge in [-0.15, -0.1) is 0 Å². The van der Waals surface area contributed by atoms with E-state index in [9.17, 15) is 14.3 Å². The zero-order valence-corrected chi connectivity index (χ0v) is 9.22. The van der Waals surface area contributed by atoms with Crippen molar-refractivity contribution >= 4 is 6.29 Å². The lowest BCUT2D eigenvalue weighted by atomic mass is 10.0. The maximum absolute atomic E-state index is 13.3. The van der Waals surface area contributed by atoms with E-state index in [0.717, 1.165) is 6.07 Å². The Kier molecular flexibility index (Phi) is 3.07. The zero-order valence-electron chi connectivity index (χ0n) is 9.22. The van der Waals surface area contributed by atoms with Gasteiger partial charge in [0.15, 0.2) is 0 Å². The van der Waals surface area contributed by atoms with Gasteiger partial charge in [-0.25, -0.2) is 4.39 Å². The van der Waals surface area contributed by atoms with Crippen LogP contribution in [0, 0.1) is 17.1 Å². The van der Waals surface area contributed by atoms with Crippen molar-refractivity contribution in [3.05, 3.63) is 53.3 Å². The summed E-state index contributed by atoms with van der Waals surface area (Å²) in [6, 6.07) is 9.84. The first kappa shape index (κ1) is 11.8. The van der Waals surface area contributed by atoms with Gasteiger partial charge >= 0.3 is 0 Å². The van der Waals surface area contributed by atoms with Crippen LogP contribution in [0.4, 0.5) is 4.39 Å². The molecule has 2 aromatic rings. The van der Waals surface area contributed by atoms with Gasteiger partial charge in [-0.1, -0.05) is 0 Å². The normalized spacial score (nSPS) is 9.78. The van der Waals surface area contributed by atoms with Gasteiger partial charge < -0.3 is 5.11 Å². The molecule has 0 aliphatic rings. The Morgan fingerprint density at radius 1 is 1.22 bits per heavy atom. The highest BCUT2D eigenvalue weighted by Gasteiger charge is 2.08. The molecule has 0 aromatic heterocycles. The van der Waals surface area contributed by atoms with E-state index in [1.165, 1.54) is 30.3 Å². The highest BCUT2D eigenvalue weighted by Crippen LogP contribution is 2.30. The summed E-state index contributed by atoms with van der Waals surface area (Å²) in [4.78, 5) is 10.7. The molecule has 2 aromatic carbocycles. The summed E-state index contributed by atoms with van der Waals surface area (Å²) in [6.07, 6.45) is 0.632. The number of hydrogen-bond donors (Lipinski definition) is 1. The van der Waals surface area contributed by atoms with Crippen molar-refractivity contribution in [3.8, 4) is 22.9 Å². The van der Waals surface area contributed by atoms with Crippen molar-refractivity contribution in [2.24, 2.45) is 0 Å². The molecule has 18 heavy (non-hydrogen) atoms. The van der Waals surface area contributed by atoms with E-state index in [0.29, 0.717) is 23.0 Å². The molecular formula is C14H8FNO2. The molecule has 2 rings (SSSR count). The molecule has 0 spiro atoms. The molecule has 0 amide bonds. The molecule has 0 atom stereocenters. The van der Waals surface area contributed by atoms with E-state index in [-0.39, 0.29) is 11.3 Å². The molecule has 3 nitrogen and oxygen atoms in total. The smallest absolute Gasteiger partial charge is 0.150 e. The maximum Gasteiger partial charge on any atom is 0.150 e. The standard InChI is InChI=1S/C14H8FNO2/c15-12-4-10(7-16)3-11(6-12)13-5-9(8-17)1-2-14(13)18/h1-6,8,18H. The number of nitriles is 1. The van der Waals surface area contributed by atoms with Gasteiger partial charge in [-0.05, 0) is 42.0 Å². The maximum atomic E-state index is 13.3. The first-order chi connectivity index (χ1) is 8.63. The monoisotopic (exact) mass is 241 g/mol. The van der Waals surface area contributed by atoms with Crippen LogP contribution in [0.25, 0.3) is 11.1 Å². The minimum Gasteiger partial charge on any atom is -0.507 e. The van der Waals surface area contributed by atoms with Gasteiger partial charge in [0.05, 0.1) is 11.6 Å². The Bertz CT molecular complexity index is 659. The second kappa shape index (κ2) is 4.68. The van der Waals surface area contributed by atoms with Crippen LogP contribution in [0.1, 0.15) is 15.9 Å². The summed E-state index contributed by atoms with van der Waals surface area (Å²) < 4.78 is 13.3. The van der Waals surface area contributed by atoms with Gasteiger partial charge in [0.1, 0.15) is 17.9 Å². The highest BCUT2D eigenvalue weighted by atomic mass is 19.1. The van der Waals surface area contributed by atoms with Crippen molar-refractivity contribution in [3.63, 3.8) is 0 Å². The predicted molar refractivity (Wildman–Crippen MR) is 63.6 cm³/mol. The fraction of sp³-hybridized carbons (Fsp3) is 0. The van der Waals surface area contributed by atoms with Gasteiger partial charge in [0, 0.05) is 11.1 Å². The molecule has 0 aliphatic carbocycles. The third-order valence-corrected chi connectivity index (χ3v) is 2.49. The second-order valence-electron chi connectivity index (χ2n) is 3.73. The molecule has 0 bridgehead atoms. The van der Waals surface area contributed by atoms with Gasteiger partial charge in [0.25, 0.3) is 0 Å². The van der Waals surface area contributed by atoms with E-state index < -0.39 is 5.82 Å². The second-order valence-corrected chi connectivity index (χ2v) is 3.73. The number of aldehydes is 1. The van der Waals surface area contributed by atoms with E-state index in [1.54, 1.807) is 0 Å². The van der Waals surface area contributed by atoms with Crippen LogP contribution in [0.3, 0.4) is 0 Å².